The first-order valence-electron chi connectivity index (χ1n) is 7.24. The topological polar surface area (TPSA) is 84.6 Å². The summed E-state index contributed by atoms with van der Waals surface area (Å²) in [7, 11) is -4.31. The van der Waals surface area contributed by atoms with Gasteiger partial charge < -0.3 is 4.42 Å². The molecule has 9 heteroatoms. The van der Waals surface area contributed by atoms with Gasteiger partial charge in [-0.2, -0.15) is 21.6 Å². The lowest BCUT2D eigenvalue weighted by Gasteiger charge is -2.10. The van der Waals surface area contributed by atoms with Crippen molar-refractivity contribution in [1.82, 2.24) is 0 Å². The first kappa shape index (κ1) is 18.2. The van der Waals surface area contributed by atoms with E-state index in [0.717, 1.165) is 0 Å². The van der Waals surface area contributed by atoms with Crippen LogP contribution in [0.1, 0.15) is 16.7 Å². The van der Waals surface area contributed by atoms with Crippen LogP contribution in [0.5, 0.6) is 0 Å². The van der Waals surface area contributed by atoms with E-state index in [-0.39, 0.29) is 22.3 Å². The Balaban J connectivity index is 2.01. The smallest absolute Gasteiger partial charge is 0.417 e. The Morgan fingerprint density at radius 2 is 1.58 bits per heavy atom. The minimum Gasteiger partial charge on any atom is -0.423 e. The van der Waals surface area contributed by atoms with E-state index in [1.54, 1.807) is 0 Å². The molecule has 3 rings (SSSR count). The van der Waals surface area contributed by atoms with Crippen LogP contribution in [0.2, 0.25) is 0 Å². The second-order valence-corrected chi connectivity index (χ2v) is 7.02. The maximum Gasteiger partial charge on any atom is 0.417 e. The SMILES string of the molecule is O=c1cc(C(F)(F)F)c2cc(Cc3ccc(S(=O)(=O)O)cc3)ccc2o1. The Labute approximate surface area is 145 Å². The van der Waals surface area contributed by atoms with Crippen LogP contribution in [0, 0.1) is 0 Å². The van der Waals surface area contributed by atoms with Gasteiger partial charge in [-0.3, -0.25) is 4.55 Å². The van der Waals surface area contributed by atoms with Gasteiger partial charge in [-0.1, -0.05) is 18.2 Å². The van der Waals surface area contributed by atoms with Gasteiger partial charge in [-0.25, -0.2) is 4.79 Å². The summed E-state index contributed by atoms with van der Waals surface area (Å²) in [5, 5.41) is -0.232. The third-order valence-electron chi connectivity index (χ3n) is 3.74. The van der Waals surface area contributed by atoms with Gasteiger partial charge in [-0.05, 0) is 41.8 Å². The molecule has 0 bridgehead atoms. The second-order valence-electron chi connectivity index (χ2n) is 5.60. The Morgan fingerprint density at radius 1 is 0.962 bits per heavy atom. The van der Waals surface area contributed by atoms with Crippen molar-refractivity contribution < 1.29 is 30.6 Å². The number of halogens is 3. The fourth-order valence-corrected chi connectivity index (χ4v) is 3.05. The molecule has 0 spiro atoms. The zero-order valence-electron chi connectivity index (χ0n) is 12.9. The molecular weight excluding hydrogens is 373 g/mol. The van der Waals surface area contributed by atoms with Gasteiger partial charge in [0.05, 0.1) is 10.5 Å². The van der Waals surface area contributed by atoms with E-state index in [1.807, 2.05) is 0 Å². The highest BCUT2D eigenvalue weighted by Gasteiger charge is 2.33. The molecule has 0 unspecified atom stereocenters. The molecule has 0 aliphatic heterocycles. The summed E-state index contributed by atoms with van der Waals surface area (Å²) in [4.78, 5) is 11.0. The zero-order valence-corrected chi connectivity index (χ0v) is 13.8. The second kappa shape index (κ2) is 6.26. The van der Waals surface area contributed by atoms with Gasteiger partial charge in [-0.15, -0.1) is 0 Å². The Morgan fingerprint density at radius 3 is 2.15 bits per heavy atom. The molecule has 0 aliphatic rings. The van der Waals surface area contributed by atoms with Gasteiger partial charge in [0.25, 0.3) is 10.1 Å². The van der Waals surface area contributed by atoms with Gasteiger partial charge in [0.2, 0.25) is 0 Å². The monoisotopic (exact) mass is 384 g/mol. The highest BCUT2D eigenvalue weighted by molar-refractivity contribution is 7.85. The molecule has 1 heterocycles. The van der Waals surface area contributed by atoms with Crippen LogP contribution in [-0.4, -0.2) is 13.0 Å². The van der Waals surface area contributed by atoms with E-state index in [9.17, 15) is 26.4 Å². The largest absolute Gasteiger partial charge is 0.423 e. The van der Waals surface area contributed by atoms with E-state index in [0.29, 0.717) is 17.2 Å². The standard InChI is InChI=1S/C17H11F3O5S/c18-17(19,20)14-9-16(21)25-15-6-3-11(8-13(14)15)7-10-1-4-12(5-2-10)26(22,23)24/h1-6,8-9H,7H2,(H,22,23,24). The zero-order chi connectivity index (χ0) is 19.1. The third kappa shape index (κ3) is 3.78. The normalized spacial score (nSPS) is 12.5. The number of hydrogen-bond donors (Lipinski definition) is 1. The highest BCUT2D eigenvalue weighted by Crippen LogP contribution is 2.34. The van der Waals surface area contributed by atoms with Crippen molar-refractivity contribution >= 4 is 21.1 Å². The van der Waals surface area contributed by atoms with Crippen LogP contribution in [0.25, 0.3) is 11.0 Å². The average Bonchev–Trinajstić information content (AvgIpc) is 2.53. The number of hydrogen-bond acceptors (Lipinski definition) is 4. The van der Waals surface area contributed by atoms with Crippen molar-refractivity contribution in [3.8, 4) is 0 Å². The molecule has 26 heavy (non-hydrogen) atoms. The average molecular weight is 384 g/mol. The minimum atomic E-state index is -4.70. The van der Waals surface area contributed by atoms with Crippen LogP contribution in [-0.2, 0) is 22.7 Å². The first-order chi connectivity index (χ1) is 12.0. The van der Waals surface area contributed by atoms with Crippen LogP contribution < -0.4 is 5.63 Å². The predicted molar refractivity (Wildman–Crippen MR) is 86.5 cm³/mol. The van der Waals surface area contributed by atoms with Crippen molar-refractivity contribution in [2.45, 2.75) is 17.5 Å². The molecule has 0 radical (unpaired) electrons. The van der Waals surface area contributed by atoms with Crippen LogP contribution >= 0.6 is 0 Å². The summed E-state index contributed by atoms with van der Waals surface area (Å²) in [6.45, 7) is 0. The molecule has 5 nitrogen and oxygen atoms in total. The van der Waals surface area contributed by atoms with Gasteiger partial charge in [0, 0.05) is 11.5 Å². The van der Waals surface area contributed by atoms with Crippen molar-refractivity contribution in [2.75, 3.05) is 0 Å². The summed E-state index contributed by atoms with van der Waals surface area (Å²) >= 11 is 0. The summed E-state index contributed by atoms with van der Waals surface area (Å²) in [5.41, 5.74) is -1.19. The Bertz CT molecular complexity index is 1130. The number of rotatable bonds is 3. The molecule has 1 aromatic heterocycles. The predicted octanol–water partition coefficient (Wildman–Crippen LogP) is 3.65. The Hall–Kier alpha value is -2.65. The van der Waals surface area contributed by atoms with Crippen molar-refractivity contribution in [2.24, 2.45) is 0 Å². The van der Waals surface area contributed by atoms with Crippen LogP contribution in [0.3, 0.4) is 0 Å². The van der Waals surface area contributed by atoms with Crippen LogP contribution in [0.15, 0.2) is 62.6 Å². The van der Waals surface area contributed by atoms with E-state index >= 15 is 0 Å². The molecule has 0 fully saturated rings. The van der Waals surface area contributed by atoms with Crippen molar-refractivity contribution in [3.05, 3.63) is 75.6 Å². The van der Waals surface area contributed by atoms with Gasteiger partial charge in [0.1, 0.15) is 5.58 Å². The first-order valence-corrected chi connectivity index (χ1v) is 8.68. The summed E-state index contributed by atoms with van der Waals surface area (Å²) in [6.07, 6.45) is -4.48. The molecule has 1 N–H and O–H groups in total. The lowest BCUT2D eigenvalue weighted by Crippen LogP contribution is -2.11. The summed E-state index contributed by atoms with van der Waals surface area (Å²) in [6, 6.07) is 9.78. The van der Waals surface area contributed by atoms with E-state index in [2.05, 4.69) is 0 Å². The van der Waals surface area contributed by atoms with E-state index in [1.165, 1.54) is 42.5 Å². The van der Waals surface area contributed by atoms with Crippen molar-refractivity contribution in [3.63, 3.8) is 0 Å². The molecule has 0 aliphatic carbocycles. The molecule has 0 saturated carbocycles. The van der Waals surface area contributed by atoms with Crippen LogP contribution in [0.4, 0.5) is 13.2 Å². The highest BCUT2D eigenvalue weighted by atomic mass is 32.2. The lowest BCUT2D eigenvalue weighted by molar-refractivity contribution is -0.136. The number of fused-ring (bicyclic) bond motifs is 1. The maximum absolute atomic E-state index is 13.2. The Kier molecular flexibility index (Phi) is 4.37. The molecule has 0 amide bonds. The lowest BCUT2D eigenvalue weighted by atomic mass is 10.0. The van der Waals surface area contributed by atoms with E-state index in [4.69, 9.17) is 8.97 Å². The summed E-state index contributed by atoms with van der Waals surface area (Å²) in [5.74, 6) is 0. The molecule has 136 valence electrons. The fraction of sp³-hybridized carbons (Fsp3) is 0.118. The molecule has 2 aromatic carbocycles. The maximum atomic E-state index is 13.2. The fourth-order valence-electron chi connectivity index (χ4n) is 2.57. The molecular formula is C17H11F3O5S. The van der Waals surface area contributed by atoms with Gasteiger partial charge in [0.15, 0.2) is 0 Å². The van der Waals surface area contributed by atoms with E-state index < -0.39 is 27.5 Å². The van der Waals surface area contributed by atoms with Crippen molar-refractivity contribution in [1.29, 1.82) is 0 Å². The summed E-state index contributed by atoms with van der Waals surface area (Å²) < 4.78 is 75.2. The third-order valence-corrected chi connectivity index (χ3v) is 4.61. The molecule has 3 aromatic rings. The van der Waals surface area contributed by atoms with Gasteiger partial charge >= 0.3 is 11.8 Å². The minimum absolute atomic E-state index is 0.171. The number of alkyl halides is 3. The quantitative estimate of drug-likeness (QED) is 0.550. The molecule has 0 atom stereocenters. The number of benzene rings is 2. The molecule has 0 saturated heterocycles.